The average Bonchev–Trinajstić information content (AvgIpc) is 2.38. The van der Waals surface area contributed by atoms with Crippen molar-refractivity contribution in [2.45, 2.75) is 31.9 Å². The highest BCUT2D eigenvalue weighted by Crippen LogP contribution is 2.30. The topological polar surface area (TPSA) is 128 Å². The standard InChI is InChI=1S/C10H16N6O3/c1-6-4-7(2-3-19-6)14-9-8(16(17)18)10(15-11)13-5-12-9/h5-7H,2-4,11H2,1H3,(H2,12,13,14,15). The molecule has 0 amide bonds. The van der Waals surface area contributed by atoms with Crippen LogP contribution >= 0.6 is 0 Å². The minimum atomic E-state index is -0.555. The molecule has 1 aromatic heterocycles. The van der Waals surface area contributed by atoms with Gasteiger partial charge in [0, 0.05) is 12.6 Å². The number of ether oxygens (including phenoxy) is 1. The van der Waals surface area contributed by atoms with Gasteiger partial charge < -0.3 is 15.5 Å². The molecule has 2 heterocycles. The summed E-state index contributed by atoms with van der Waals surface area (Å²) in [5.74, 6) is 5.38. The van der Waals surface area contributed by atoms with Gasteiger partial charge in [0.1, 0.15) is 6.33 Å². The number of rotatable bonds is 4. The number of hydrazine groups is 1. The van der Waals surface area contributed by atoms with Gasteiger partial charge in [-0.3, -0.25) is 10.1 Å². The Kier molecular flexibility index (Phi) is 4.07. The Bertz CT molecular complexity index is 469. The maximum atomic E-state index is 11.1. The van der Waals surface area contributed by atoms with E-state index in [0.29, 0.717) is 6.61 Å². The molecule has 1 aliphatic heterocycles. The van der Waals surface area contributed by atoms with Crippen molar-refractivity contribution in [2.24, 2.45) is 5.84 Å². The molecule has 0 bridgehead atoms. The zero-order chi connectivity index (χ0) is 13.8. The van der Waals surface area contributed by atoms with Gasteiger partial charge >= 0.3 is 5.69 Å². The average molecular weight is 268 g/mol. The van der Waals surface area contributed by atoms with E-state index in [1.54, 1.807) is 0 Å². The van der Waals surface area contributed by atoms with E-state index < -0.39 is 4.92 Å². The van der Waals surface area contributed by atoms with E-state index in [2.05, 4.69) is 20.7 Å². The van der Waals surface area contributed by atoms with Crippen LogP contribution in [0.5, 0.6) is 0 Å². The number of nitrogens with one attached hydrogen (secondary N) is 2. The van der Waals surface area contributed by atoms with Gasteiger partial charge in [-0.1, -0.05) is 0 Å². The molecule has 0 aromatic carbocycles. The van der Waals surface area contributed by atoms with Crippen LogP contribution in [0.1, 0.15) is 19.8 Å². The first-order valence-corrected chi connectivity index (χ1v) is 5.96. The van der Waals surface area contributed by atoms with Crippen molar-refractivity contribution in [3.05, 3.63) is 16.4 Å². The summed E-state index contributed by atoms with van der Waals surface area (Å²) < 4.78 is 5.43. The molecule has 2 atom stereocenters. The van der Waals surface area contributed by atoms with Crippen molar-refractivity contribution >= 4 is 17.3 Å². The Morgan fingerprint density at radius 2 is 2.26 bits per heavy atom. The molecular weight excluding hydrogens is 252 g/mol. The lowest BCUT2D eigenvalue weighted by Crippen LogP contribution is -2.33. The zero-order valence-electron chi connectivity index (χ0n) is 10.5. The molecule has 104 valence electrons. The Balaban J connectivity index is 2.21. The number of anilines is 2. The summed E-state index contributed by atoms with van der Waals surface area (Å²) in [5.41, 5.74) is 1.96. The SMILES string of the molecule is CC1CC(Nc2ncnc(NN)c2[N+](=O)[O-])CCO1. The first-order chi connectivity index (χ1) is 9.11. The third-order valence-electron chi connectivity index (χ3n) is 2.97. The molecule has 2 rings (SSSR count). The fourth-order valence-electron chi connectivity index (χ4n) is 2.09. The molecule has 0 aliphatic carbocycles. The zero-order valence-corrected chi connectivity index (χ0v) is 10.5. The van der Waals surface area contributed by atoms with Crippen molar-refractivity contribution < 1.29 is 9.66 Å². The van der Waals surface area contributed by atoms with E-state index in [0.717, 1.165) is 12.8 Å². The molecule has 19 heavy (non-hydrogen) atoms. The number of nitrogen functional groups attached to an aromatic ring is 1. The molecule has 0 radical (unpaired) electrons. The van der Waals surface area contributed by atoms with Crippen LogP contribution < -0.4 is 16.6 Å². The van der Waals surface area contributed by atoms with Crippen molar-refractivity contribution in [3.8, 4) is 0 Å². The fraction of sp³-hybridized carbons (Fsp3) is 0.600. The second-order valence-corrected chi connectivity index (χ2v) is 4.37. The highest BCUT2D eigenvalue weighted by molar-refractivity contribution is 5.69. The summed E-state index contributed by atoms with van der Waals surface area (Å²) in [4.78, 5) is 18.2. The third-order valence-corrected chi connectivity index (χ3v) is 2.97. The maximum Gasteiger partial charge on any atom is 0.354 e. The predicted molar refractivity (Wildman–Crippen MR) is 68.6 cm³/mol. The van der Waals surface area contributed by atoms with Gasteiger partial charge in [0.05, 0.1) is 11.0 Å². The van der Waals surface area contributed by atoms with Gasteiger partial charge in [0.2, 0.25) is 11.6 Å². The largest absolute Gasteiger partial charge is 0.378 e. The van der Waals surface area contributed by atoms with Crippen molar-refractivity contribution in [3.63, 3.8) is 0 Å². The number of nitrogens with two attached hydrogens (primary N) is 1. The number of nitrogens with zero attached hydrogens (tertiary/aromatic N) is 3. The Hall–Kier alpha value is -2.00. The molecular formula is C10H16N6O3. The maximum absolute atomic E-state index is 11.1. The lowest BCUT2D eigenvalue weighted by molar-refractivity contribution is -0.383. The molecule has 1 saturated heterocycles. The van der Waals surface area contributed by atoms with Crippen LogP contribution in [0.3, 0.4) is 0 Å². The molecule has 0 saturated carbocycles. The lowest BCUT2D eigenvalue weighted by Gasteiger charge is -2.28. The number of hydrogen-bond acceptors (Lipinski definition) is 8. The van der Waals surface area contributed by atoms with E-state index in [9.17, 15) is 10.1 Å². The minimum Gasteiger partial charge on any atom is -0.378 e. The minimum absolute atomic E-state index is 0.0115. The Labute approximate surface area is 109 Å². The summed E-state index contributed by atoms with van der Waals surface area (Å²) in [6, 6.07) is 0.0861. The third kappa shape index (κ3) is 3.06. The van der Waals surface area contributed by atoms with Gasteiger partial charge in [-0.05, 0) is 19.8 Å². The summed E-state index contributed by atoms with van der Waals surface area (Å²) in [6.07, 6.45) is 2.90. The van der Waals surface area contributed by atoms with Gasteiger partial charge in [-0.15, -0.1) is 0 Å². The monoisotopic (exact) mass is 268 g/mol. The summed E-state index contributed by atoms with van der Waals surface area (Å²) in [5, 5.41) is 14.1. The molecule has 0 spiro atoms. The highest BCUT2D eigenvalue weighted by Gasteiger charge is 2.26. The van der Waals surface area contributed by atoms with Gasteiger partial charge in [0.15, 0.2) is 0 Å². The fourth-order valence-corrected chi connectivity index (χ4v) is 2.09. The smallest absolute Gasteiger partial charge is 0.354 e. The second kappa shape index (κ2) is 5.76. The molecule has 2 unspecified atom stereocenters. The molecule has 4 N–H and O–H groups in total. The van der Waals surface area contributed by atoms with Crippen molar-refractivity contribution in [1.29, 1.82) is 0 Å². The summed E-state index contributed by atoms with van der Waals surface area (Å²) in [6.45, 7) is 2.59. The van der Waals surface area contributed by atoms with Crippen molar-refractivity contribution in [2.75, 3.05) is 17.3 Å². The van der Waals surface area contributed by atoms with Gasteiger partial charge in [0.25, 0.3) is 0 Å². The van der Waals surface area contributed by atoms with Crippen LogP contribution in [0.15, 0.2) is 6.33 Å². The van der Waals surface area contributed by atoms with Crippen LogP contribution in [0.25, 0.3) is 0 Å². The Morgan fingerprint density at radius 1 is 1.53 bits per heavy atom. The summed E-state index contributed by atoms with van der Waals surface area (Å²) >= 11 is 0. The quantitative estimate of drug-likeness (QED) is 0.412. The van der Waals surface area contributed by atoms with E-state index >= 15 is 0 Å². The highest BCUT2D eigenvalue weighted by atomic mass is 16.6. The molecule has 1 fully saturated rings. The first-order valence-electron chi connectivity index (χ1n) is 5.96. The van der Waals surface area contributed by atoms with Crippen LogP contribution in [0, 0.1) is 10.1 Å². The van der Waals surface area contributed by atoms with Crippen molar-refractivity contribution in [1.82, 2.24) is 9.97 Å². The van der Waals surface area contributed by atoms with Gasteiger partial charge in [-0.25, -0.2) is 15.8 Å². The second-order valence-electron chi connectivity index (χ2n) is 4.37. The van der Waals surface area contributed by atoms with E-state index in [4.69, 9.17) is 10.6 Å². The van der Waals surface area contributed by atoms with E-state index in [1.807, 2.05) is 6.92 Å². The number of hydrogen-bond donors (Lipinski definition) is 3. The van der Waals surface area contributed by atoms with Crippen LogP contribution in [-0.4, -0.2) is 33.6 Å². The molecule has 9 nitrogen and oxygen atoms in total. The normalized spacial score (nSPS) is 22.8. The molecule has 9 heteroatoms. The van der Waals surface area contributed by atoms with Crippen LogP contribution in [0.2, 0.25) is 0 Å². The molecule has 1 aromatic rings. The number of aromatic nitrogens is 2. The van der Waals surface area contributed by atoms with E-state index in [1.165, 1.54) is 6.33 Å². The van der Waals surface area contributed by atoms with E-state index in [-0.39, 0.29) is 29.5 Å². The Morgan fingerprint density at radius 3 is 2.89 bits per heavy atom. The van der Waals surface area contributed by atoms with Gasteiger partial charge in [-0.2, -0.15) is 0 Å². The predicted octanol–water partition coefficient (Wildman–Crippen LogP) is 0.650. The molecule has 1 aliphatic rings. The summed E-state index contributed by atoms with van der Waals surface area (Å²) in [7, 11) is 0. The lowest BCUT2D eigenvalue weighted by atomic mass is 10.0. The van der Waals surface area contributed by atoms with Crippen LogP contribution in [0.4, 0.5) is 17.3 Å². The van der Waals surface area contributed by atoms with Crippen LogP contribution in [-0.2, 0) is 4.74 Å². The first kappa shape index (κ1) is 13.4. The number of nitro groups is 1.